The molecule has 0 N–H and O–H groups in total. The van der Waals surface area contributed by atoms with Crippen molar-refractivity contribution in [2.75, 3.05) is 33.5 Å². The average molecular weight is 397 g/mol. The number of carbonyl (C=O) groups excluding carboxylic acids is 1. The number of nitrogens with zero attached hydrogens (tertiary/aromatic N) is 1. The van der Waals surface area contributed by atoms with Crippen molar-refractivity contribution in [2.24, 2.45) is 0 Å². The molecule has 1 heterocycles. The molecule has 1 aliphatic heterocycles. The first-order valence-corrected chi connectivity index (χ1v) is 9.82. The minimum absolute atomic E-state index is 0.0910. The predicted molar refractivity (Wildman–Crippen MR) is 112 cm³/mol. The van der Waals surface area contributed by atoms with Gasteiger partial charge in [0.2, 0.25) is 5.91 Å². The van der Waals surface area contributed by atoms with Crippen LogP contribution in [0.25, 0.3) is 6.08 Å². The number of fused-ring (bicyclic) bond motifs is 1. The number of benzene rings is 2. The minimum atomic E-state index is -0.0910. The van der Waals surface area contributed by atoms with Gasteiger partial charge in [0.1, 0.15) is 13.2 Å². The van der Waals surface area contributed by atoms with E-state index in [1.807, 2.05) is 50.2 Å². The molecule has 29 heavy (non-hydrogen) atoms. The number of hydrogen-bond acceptors (Lipinski definition) is 5. The summed E-state index contributed by atoms with van der Waals surface area (Å²) in [7, 11) is 1.77. The van der Waals surface area contributed by atoms with Crippen LogP contribution in [0.5, 0.6) is 23.0 Å². The van der Waals surface area contributed by atoms with Crippen LogP contribution in [-0.4, -0.2) is 44.3 Å². The highest BCUT2D eigenvalue weighted by Gasteiger charge is 2.13. The fourth-order valence-electron chi connectivity index (χ4n) is 3.00. The first kappa shape index (κ1) is 20.6. The molecule has 6 heteroatoms. The van der Waals surface area contributed by atoms with Crippen molar-refractivity contribution >= 4 is 12.0 Å². The van der Waals surface area contributed by atoms with Crippen LogP contribution < -0.4 is 18.9 Å². The Balaban J connectivity index is 1.64. The number of amides is 1. The maximum Gasteiger partial charge on any atom is 0.246 e. The molecule has 0 saturated carbocycles. The van der Waals surface area contributed by atoms with Crippen molar-refractivity contribution in [3.05, 3.63) is 53.6 Å². The van der Waals surface area contributed by atoms with E-state index in [1.54, 1.807) is 24.1 Å². The third-order valence-electron chi connectivity index (χ3n) is 4.39. The highest BCUT2D eigenvalue weighted by Crippen LogP contribution is 2.31. The Labute approximate surface area is 171 Å². The van der Waals surface area contributed by atoms with Crippen molar-refractivity contribution in [3.8, 4) is 23.0 Å². The van der Waals surface area contributed by atoms with E-state index in [0.717, 1.165) is 22.6 Å². The van der Waals surface area contributed by atoms with Gasteiger partial charge in [0.25, 0.3) is 0 Å². The van der Waals surface area contributed by atoms with Gasteiger partial charge in [-0.25, -0.2) is 0 Å². The van der Waals surface area contributed by atoms with Gasteiger partial charge in [-0.15, -0.1) is 0 Å². The van der Waals surface area contributed by atoms with Crippen molar-refractivity contribution < 1.29 is 23.7 Å². The molecule has 1 amide bonds. The summed E-state index contributed by atoms with van der Waals surface area (Å²) in [5.41, 5.74) is 1.86. The smallest absolute Gasteiger partial charge is 0.246 e. The summed E-state index contributed by atoms with van der Waals surface area (Å²) in [5.74, 6) is 2.76. The summed E-state index contributed by atoms with van der Waals surface area (Å²) in [5, 5.41) is 0. The molecule has 0 aromatic heterocycles. The second-order valence-corrected chi connectivity index (χ2v) is 6.58. The van der Waals surface area contributed by atoms with Crippen LogP contribution in [0.1, 0.15) is 25.0 Å². The molecule has 3 rings (SSSR count). The van der Waals surface area contributed by atoms with Gasteiger partial charge in [-0.2, -0.15) is 0 Å². The number of hydrogen-bond donors (Lipinski definition) is 0. The number of ether oxygens (including phenoxy) is 4. The summed E-state index contributed by atoms with van der Waals surface area (Å²) in [6.07, 6.45) is 3.34. The highest BCUT2D eigenvalue weighted by molar-refractivity contribution is 5.91. The van der Waals surface area contributed by atoms with Gasteiger partial charge in [-0.1, -0.05) is 12.1 Å². The molecular formula is C23H27NO5. The zero-order valence-electron chi connectivity index (χ0n) is 17.1. The standard InChI is InChI=1S/C23H27NO5/c1-4-26-19-9-6-17(14-21(19)27-5-2)8-11-23(25)24(3)16-18-7-10-20-22(15-18)29-13-12-28-20/h6-11,14-15H,4-5,12-13,16H2,1-3H3/b11-8+. The van der Waals surface area contributed by atoms with Crippen molar-refractivity contribution in [1.29, 1.82) is 0 Å². The van der Waals surface area contributed by atoms with Gasteiger partial charge >= 0.3 is 0 Å². The lowest BCUT2D eigenvalue weighted by Crippen LogP contribution is -2.24. The SMILES string of the molecule is CCOc1ccc(/C=C/C(=O)N(C)Cc2ccc3c(c2)OCCO3)cc1OCC. The summed E-state index contributed by atoms with van der Waals surface area (Å²) in [6.45, 7) is 6.55. The number of carbonyl (C=O) groups is 1. The fourth-order valence-corrected chi connectivity index (χ4v) is 3.00. The molecule has 0 unspecified atom stereocenters. The largest absolute Gasteiger partial charge is 0.490 e. The number of rotatable bonds is 8. The Hall–Kier alpha value is -3.15. The van der Waals surface area contributed by atoms with Gasteiger partial charge in [0, 0.05) is 19.7 Å². The Bertz CT molecular complexity index is 878. The zero-order valence-corrected chi connectivity index (χ0v) is 17.1. The van der Waals surface area contributed by atoms with E-state index in [0.29, 0.717) is 44.5 Å². The molecule has 0 atom stereocenters. The van der Waals surface area contributed by atoms with Gasteiger partial charge < -0.3 is 23.8 Å². The molecule has 0 spiro atoms. The van der Waals surface area contributed by atoms with Crippen LogP contribution in [0.2, 0.25) is 0 Å². The topological polar surface area (TPSA) is 57.2 Å². The van der Waals surface area contributed by atoms with Gasteiger partial charge in [-0.05, 0) is 55.3 Å². The van der Waals surface area contributed by atoms with E-state index in [-0.39, 0.29) is 5.91 Å². The summed E-state index contributed by atoms with van der Waals surface area (Å²) in [6, 6.07) is 11.4. The molecule has 0 aliphatic carbocycles. The molecule has 0 fully saturated rings. The first-order chi connectivity index (χ1) is 14.1. The molecule has 0 radical (unpaired) electrons. The minimum Gasteiger partial charge on any atom is -0.490 e. The lowest BCUT2D eigenvalue weighted by Gasteiger charge is -2.20. The van der Waals surface area contributed by atoms with Crippen LogP contribution in [0.4, 0.5) is 0 Å². The molecule has 0 bridgehead atoms. The van der Waals surface area contributed by atoms with Gasteiger partial charge in [-0.3, -0.25) is 4.79 Å². The van der Waals surface area contributed by atoms with Gasteiger partial charge in [0.15, 0.2) is 23.0 Å². The Morgan fingerprint density at radius 2 is 1.72 bits per heavy atom. The van der Waals surface area contributed by atoms with Crippen LogP contribution >= 0.6 is 0 Å². The molecule has 154 valence electrons. The molecule has 1 aliphatic rings. The molecular weight excluding hydrogens is 370 g/mol. The predicted octanol–water partition coefficient (Wildman–Crippen LogP) is 3.93. The molecule has 2 aromatic carbocycles. The Morgan fingerprint density at radius 1 is 1.00 bits per heavy atom. The summed E-state index contributed by atoms with van der Waals surface area (Å²) < 4.78 is 22.3. The van der Waals surface area contributed by atoms with Crippen LogP contribution in [0.3, 0.4) is 0 Å². The molecule has 6 nitrogen and oxygen atoms in total. The van der Waals surface area contributed by atoms with Crippen molar-refractivity contribution in [1.82, 2.24) is 4.90 Å². The van der Waals surface area contributed by atoms with E-state index in [9.17, 15) is 4.79 Å². The fraction of sp³-hybridized carbons (Fsp3) is 0.348. The summed E-state index contributed by atoms with van der Waals surface area (Å²) >= 11 is 0. The van der Waals surface area contributed by atoms with Crippen molar-refractivity contribution in [2.45, 2.75) is 20.4 Å². The first-order valence-electron chi connectivity index (χ1n) is 9.82. The third kappa shape index (κ3) is 5.44. The monoisotopic (exact) mass is 397 g/mol. The normalized spacial score (nSPS) is 12.7. The Kier molecular flexibility index (Phi) is 7.00. The molecule has 0 saturated heterocycles. The second-order valence-electron chi connectivity index (χ2n) is 6.58. The van der Waals surface area contributed by atoms with E-state index >= 15 is 0 Å². The molecule has 2 aromatic rings. The second kappa shape index (κ2) is 9.87. The van der Waals surface area contributed by atoms with E-state index in [1.165, 1.54) is 0 Å². The highest BCUT2D eigenvalue weighted by atomic mass is 16.6. The summed E-state index contributed by atoms with van der Waals surface area (Å²) in [4.78, 5) is 14.2. The van der Waals surface area contributed by atoms with Gasteiger partial charge in [0.05, 0.1) is 13.2 Å². The van der Waals surface area contributed by atoms with E-state index in [4.69, 9.17) is 18.9 Å². The lowest BCUT2D eigenvalue weighted by molar-refractivity contribution is -0.125. The third-order valence-corrected chi connectivity index (χ3v) is 4.39. The van der Waals surface area contributed by atoms with E-state index < -0.39 is 0 Å². The van der Waals surface area contributed by atoms with Crippen LogP contribution in [0, 0.1) is 0 Å². The van der Waals surface area contributed by atoms with E-state index in [2.05, 4.69) is 0 Å². The number of likely N-dealkylation sites (N-methyl/N-ethyl adjacent to an activating group) is 1. The average Bonchev–Trinajstić information content (AvgIpc) is 2.73. The Morgan fingerprint density at radius 3 is 2.48 bits per heavy atom. The lowest BCUT2D eigenvalue weighted by atomic mass is 10.1. The van der Waals surface area contributed by atoms with Crippen LogP contribution in [-0.2, 0) is 11.3 Å². The zero-order chi connectivity index (χ0) is 20.6. The van der Waals surface area contributed by atoms with Crippen LogP contribution in [0.15, 0.2) is 42.5 Å². The maximum absolute atomic E-state index is 12.5. The van der Waals surface area contributed by atoms with Crippen molar-refractivity contribution in [3.63, 3.8) is 0 Å². The maximum atomic E-state index is 12.5. The quantitative estimate of drug-likeness (QED) is 0.632.